The Morgan fingerprint density at radius 2 is 0.568 bits per heavy atom. The van der Waals surface area contributed by atoms with Gasteiger partial charge in [0, 0.05) is 25.7 Å². The number of aliphatic hydroxyl groups excluding tert-OH is 1. The van der Waals surface area contributed by atoms with Crippen LogP contribution in [0.2, 0.25) is 0 Å². The average molecular weight is 1200 g/mol. The SMILES string of the molecule is CCCCCCCCCCCCCCC(=O)O[C@H](COC(=O)CCCCCCCCCC(C)C)COP(=O)(O)OC[C@@H](O)COP(=O)(O)OC[C@@H](COC(=O)CCCCCCCCC(C)C)OC(=O)CCCCCCCCCC(C)C. The Bertz CT molecular complexity index is 1610. The number of carbonyl (C=O) groups is 4. The molecule has 19 heteroatoms. The third kappa shape index (κ3) is 56.9. The fourth-order valence-electron chi connectivity index (χ4n) is 9.13. The highest BCUT2D eigenvalue weighted by molar-refractivity contribution is 7.47. The summed E-state index contributed by atoms with van der Waals surface area (Å²) in [5.41, 5.74) is 0. The molecule has 0 heterocycles. The zero-order valence-corrected chi connectivity index (χ0v) is 54.0. The summed E-state index contributed by atoms with van der Waals surface area (Å²) in [7, 11) is -9.88. The Kier molecular flexibility index (Phi) is 52.2. The molecular formula is C62H120O17P2. The number of phosphoric ester groups is 2. The van der Waals surface area contributed by atoms with Crippen LogP contribution in [0, 0.1) is 17.8 Å². The van der Waals surface area contributed by atoms with Crippen LogP contribution in [-0.2, 0) is 65.4 Å². The number of ether oxygens (including phenoxy) is 4. The smallest absolute Gasteiger partial charge is 0.462 e. The first-order valence-corrected chi connectivity index (χ1v) is 35.3. The van der Waals surface area contributed by atoms with Gasteiger partial charge in [-0.15, -0.1) is 0 Å². The molecule has 0 aliphatic carbocycles. The van der Waals surface area contributed by atoms with Crippen molar-refractivity contribution in [3.63, 3.8) is 0 Å². The van der Waals surface area contributed by atoms with Crippen LogP contribution in [-0.4, -0.2) is 96.7 Å². The van der Waals surface area contributed by atoms with Crippen molar-refractivity contribution >= 4 is 39.5 Å². The molecule has 0 bridgehead atoms. The molecule has 480 valence electrons. The third-order valence-corrected chi connectivity index (χ3v) is 16.0. The molecule has 0 aliphatic heterocycles. The summed E-state index contributed by atoms with van der Waals surface area (Å²) in [6, 6.07) is 0. The minimum Gasteiger partial charge on any atom is -0.462 e. The molecule has 0 spiro atoms. The van der Waals surface area contributed by atoms with Crippen LogP contribution in [0.1, 0.15) is 299 Å². The fraction of sp³-hybridized carbons (Fsp3) is 0.935. The van der Waals surface area contributed by atoms with Crippen LogP contribution in [0.4, 0.5) is 0 Å². The van der Waals surface area contributed by atoms with E-state index >= 15 is 0 Å². The molecule has 17 nitrogen and oxygen atoms in total. The van der Waals surface area contributed by atoms with Crippen molar-refractivity contribution in [1.82, 2.24) is 0 Å². The van der Waals surface area contributed by atoms with Gasteiger partial charge in [-0.1, -0.05) is 248 Å². The molecule has 0 aromatic carbocycles. The molecule has 0 saturated heterocycles. The van der Waals surface area contributed by atoms with Crippen LogP contribution in [0.5, 0.6) is 0 Å². The number of carbonyl (C=O) groups excluding carboxylic acids is 4. The Morgan fingerprint density at radius 1 is 0.333 bits per heavy atom. The Morgan fingerprint density at radius 3 is 0.840 bits per heavy atom. The lowest BCUT2D eigenvalue weighted by Crippen LogP contribution is -2.30. The lowest BCUT2D eigenvalue weighted by atomic mass is 10.0. The summed E-state index contributed by atoms with van der Waals surface area (Å²) >= 11 is 0. The van der Waals surface area contributed by atoms with Crippen molar-refractivity contribution < 1.29 is 80.2 Å². The first-order chi connectivity index (χ1) is 38.7. The minimum absolute atomic E-state index is 0.102. The van der Waals surface area contributed by atoms with E-state index < -0.39 is 97.5 Å². The summed E-state index contributed by atoms with van der Waals surface area (Å²) in [6.45, 7) is 11.6. The maximum Gasteiger partial charge on any atom is 0.472 e. The van der Waals surface area contributed by atoms with Gasteiger partial charge in [0.25, 0.3) is 0 Å². The highest BCUT2D eigenvalue weighted by Gasteiger charge is 2.30. The van der Waals surface area contributed by atoms with Gasteiger partial charge in [-0.25, -0.2) is 9.13 Å². The molecular weight excluding hydrogens is 1080 g/mol. The molecule has 0 saturated carbocycles. The lowest BCUT2D eigenvalue weighted by Gasteiger charge is -2.21. The fourth-order valence-corrected chi connectivity index (χ4v) is 10.7. The first-order valence-electron chi connectivity index (χ1n) is 32.3. The number of hydrogen-bond acceptors (Lipinski definition) is 15. The van der Waals surface area contributed by atoms with Crippen molar-refractivity contribution in [3.8, 4) is 0 Å². The summed E-state index contributed by atoms with van der Waals surface area (Å²) in [4.78, 5) is 72.0. The van der Waals surface area contributed by atoms with Gasteiger partial charge in [-0.3, -0.25) is 37.3 Å². The summed E-state index contributed by atoms with van der Waals surface area (Å²) < 4.78 is 67.9. The average Bonchev–Trinajstić information content (AvgIpc) is 3.41. The van der Waals surface area contributed by atoms with Crippen molar-refractivity contribution in [1.29, 1.82) is 0 Å². The van der Waals surface area contributed by atoms with E-state index in [-0.39, 0.29) is 25.7 Å². The topological polar surface area (TPSA) is 237 Å². The van der Waals surface area contributed by atoms with E-state index in [4.69, 9.17) is 37.0 Å². The number of esters is 4. The van der Waals surface area contributed by atoms with Crippen LogP contribution in [0.25, 0.3) is 0 Å². The van der Waals surface area contributed by atoms with Crippen molar-refractivity contribution in [2.75, 3.05) is 39.6 Å². The highest BCUT2D eigenvalue weighted by atomic mass is 31.2. The molecule has 81 heavy (non-hydrogen) atoms. The first kappa shape index (κ1) is 79.1. The number of phosphoric acid groups is 2. The molecule has 0 fully saturated rings. The molecule has 0 radical (unpaired) electrons. The normalized spacial score (nSPS) is 14.4. The largest absolute Gasteiger partial charge is 0.472 e. The maximum atomic E-state index is 12.9. The molecule has 0 aliphatic rings. The van der Waals surface area contributed by atoms with Crippen LogP contribution >= 0.6 is 15.6 Å². The van der Waals surface area contributed by atoms with Crippen LogP contribution in [0.15, 0.2) is 0 Å². The van der Waals surface area contributed by atoms with Gasteiger partial charge >= 0.3 is 39.5 Å². The summed E-state index contributed by atoms with van der Waals surface area (Å²) in [5.74, 6) is -0.0617. The standard InChI is InChI=1S/C62H120O17P2/c1-8-9-10-11-12-13-14-15-16-21-31-38-45-61(66)78-57(49-72-59(64)43-36-29-22-17-19-26-33-40-53(2)3)51-76-80(68,69)74-47-56(63)48-75-81(70,71)77-52-58(50-73-60(65)44-37-30-25-24-28-35-42-55(6)7)79-62(67)46-39-32-23-18-20-27-34-41-54(4)5/h53-58,63H,8-52H2,1-7H3,(H,68,69)(H,70,71)/t56-,57-,58-/m1/s1. The number of aliphatic hydroxyl groups is 1. The Labute approximate surface area is 492 Å². The second kappa shape index (κ2) is 53.5. The second-order valence-corrected chi connectivity index (χ2v) is 26.8. The van der Waals surface area contributed by atoms with E-state index in [2.05, 4.69) is 48.5 Å². The second-order valence-electron chi connectivity index (χ2n) is 23.9. The van der Waals surface area contributed by atoms with E-state index in [9.17, 15) is 43.2 Å². The zero-order chi connectivity index (χ0) is 60.3. The number of rotatable bonds is 60. The molecule has 2 unspecified atom stereocenters. The van der Waals surface area contributed by atoms with Crippen molar-refractivity contribution in [2.45, 2.75) is 317 Å². The van der Waals surface area contributed by atoms with E-state index in [0.29, 0.717) is 43.4 Å². The number of unbranched alkanes of at least 4 members (excludes halogenated alkanes) is 28. The monoisotopic (exact) mass is 1200 g/mol. The molecule has 0 amide bonds. The number of hydrogen-bond donors (Lipinski definition) is 3. The molecule has 0 rings (SSSR count). The summed E-state index contributed by atoms with van der Waals surface area (Å²) in [6.07, 6.45) is 33.7. The van der Waals surface area contributed by atoms with Gasteiger partial charge < -0.3 is 33.8 Å². The van der Waals surface area contributed by atoms with Gasteiger partial charge in [0.15, 0.2) is 12.2 Å². The maximum absolute atomic E-state index is 12.9. The van der Waals surface area contributed by atoms with Gasteiger partial charge in [0.1, 0.15) is 19.3 Å². The van der Waals surface area contributed by atoms with Crippen molar-refractivity contribution in [2.24, 2.45) is 17.8 Å². The van der Waals surface area contributed by atoms with E-state index in [0.717, 1.165) is 103 Å². The molecule has 0 aromatic rings. The van der Waals surface area contributed by atoms with Gasteiger partial charge in [-0.2, -0.15) is 0 Å². The molecule has 0 aromatic heterocycles. The third-order valence-electron chi connectivity index (χ3n) is 14.1. The Balaban J connectivity index is 5.24. The van der Waals surface area contributed by atoms with Gasteiger partial charge in [0.05, 0.1) is 26.4 Å². The van der Waals surface area contributed by atoms with E-state index in [1.165, 1.54) is 96.3 Å². The summed E-state index contributed by atoms with van der Waals surface area (Å²) in [5, 5.41) is 10.5. The quantitative estimate of drug-likeness (QED) is 0.0222. The van der Waals surface area contributed by atoms with Crippen LogP contribution in [0.3, 0.4) is 0 Å². The van der Waals surface area contributed by atoms with Gasteiger partial charge in [-0.05, 0) is 43.4 Å². The van der Waals surface area contributed by atoms with Crippen LogP contribution < -0.4 is 0 Å². The predicted molar refractivity (Wildman–Crippen MR) is 321 cm³/mol. The highest BCUT2D eigenvalue weighted by Crippen LogP contribution is 2.45. The zero-order valence-electron chi connectivity index (χ0n) is 52.2. The lowest BCUT2D eigenvalue weighted by molar-refractivity contribution is -0.161. The van der Waals surface area contributed by atoms with E-state index in [1.54, 1.807) is 0 Å². The minimum atomic E-state index is -4.94. The molecule has 5 atom stereocenters. The van der Waals surface area contributed by atoms with E-state index in [1.807, 2.05) is 0 Å². The van der Waals surface area contributed by atoms with Gasteiger partial charge in [0.2, 0.25) is 0 Å². The molecule has 3 N–H and O–H groups in total. The van der Waals surface area contributed by atoms with Crippen molar-refractivity contribution in [3.05, 3.63) is 0 Å². The predicted octanol–water partition coefficient (Wildman–Crippen LogP) is 16.7. The Hall–Kier alpha value is -1.94.